The van der Waals surface area contributed by atoms with Crippen molar-refractivity contribution in [1.29, 1.82) is 0 Å². The van der Waals surface area contributed by atoms with Crippen molar-refractivity contribution < 1.29 is 39.5 Å². The lowest BCUT2D eigenvalue weighted by molar-refractivity contribution is -0.0696. The van der Waals surface area contributed by atoms with Crippen LogP contribution in [0.4, 0.5) is 39.5 Å². The minimum atomic E-state index is -4.96. The highest BCUT2D eigenvalue weighted by Crippen LogP contribution is 2.33. The molecule has 0 aliphatic heterocycles. The standard InChI is InChI=1S/C32H17F9/c1-16-2-5-21-19(10-16)14-25(33)23(30(21)37)6-3-17-11-27(35)29(28(36)12-17)18-4-7-22-20(13-18)15-26(34)24(31(22)38)8-9-32(39,40)41/h2,4-5,7,10-15H,3,6H2,1H3. The van der Waals surface area contributed by atoms with E-state index in [9.17, 15) is 26.3 Å². The fourth-order valence-corrected chi connectivity index (χ4v) is 4.77. The van der Waals surface area contributed by atoms with Crippen LogP contribution < -0.4 is 0 Å². The fraction of sp³-hybridized carbons (Fsp3) is 0.125. The average Bonchev–Trinajstić information content (AvgIpc) is 2.87. The zero-order chi connectivity index (χ0) is 29.6. The molecule has 0 aromatic heterocycles. The molecule has 0 aliphatic rings. The summed E-state index contributed by atoms with van der Waals surface area (Å²) in [4.78, 5) is 0. The van der Waals surface area contributed by atoms with Gasteiger partial charge in [0, 0.05) is 22.3 Å². The van der Waals surface area contributed by atoms with Crippen molar-refractivity contribution in [1.82, 2.24) is 0 Å². The first-order valence-electron chi connectivity index (χ1n) is 12.2. The van der Waals surface area contributed by atoms with Crippen LogP contribution in [0.15, 0.2) is 60.7 Å². The topological polar surface area (TPSA) is 0 Å². The van der Waals surface area contributed by atoms with Gasteiger partial charge >= 0.3 is 6.18 Å². The van der Waals surface area contributed by atoms with E-state index in [1.807, 2.05) is 0 Å². The predicted molar refractivity (Wildman–Crippen MR) is 138 cm³/mol. The molecule has 41 heavy (non-hydrogen) atoms. The maximum absolute atomic E-state index is 15.1. The minimum Gasteiger partial charge on any atom is -0.207 e. The Morgan fingerprint density at radius 3 is 1.93 bits per heavy atom. The van der Waals surface area contributed by atoms with Gasteiger partial charge in [-0.3, -0.25) is 0 Å². The molecule has 5 rings (SSSR count). The molecule has 0 saturated carbocycles. The molecule has 0 saturated heterocycles. The van der Waals surface area contributed by atoms with Gasteiger partial charge in [0.25, 0.3) is 0 Å². The first-order chi connectivity index (χ1) is 19.3. The molecule has 5 aromatic carbocycles. The molecule has 208 valence electrons. The normalized spacial score (nSPS) is 11.7. The molecule has 0 nitrogen and oxygen atoms in total. The highest BCUT2D eigenvalue weighted by molar-refractivity contribution is 5.89. The van der Waals surface area contributed by atoms with E-state index in [1.54, 1.807) is 19.1 Å². The van der Waals surface area contributed by atoms with E-state index in [0.29, 0.717) is 5.39 Å². The van der Waals surface area contributed by atoms with E-state index < -0.39 is 52.2 Å². The first kappa shape index (κ1) is 28.1. The van der Waals surface area contributed by atoms with Crippen molar-refractivity contribution >= 4 is 21.5 Å². The van der Waals surface area contributed by atoms with E-state index in [0.717, 1.165) is 47.9 Å². The summed E-state index contributed by atoms with van der Waals surface area (Å²) in [5.41, 5.74) is -0.957. The van der Waals surface area contributed by atoms with E-state index in [2.05, 4.69) is 0 Å². The lowest BCUT2D eigenvalue weighted by atomic mass is 9.95. The van der Waals surface area contributed by atoms with Crippen molar-refractivity contribution in [2.24, 2.45) is 0 Å². The molecular weight excluding hydrogens is 555 g/mol. The van der Waals surface area contributed by atoms with E-state index in [4.69, 9.17) is 0 Å². The van der Waals surface area contributed by atoms with Gasteiger partial charge in [-0.2, -0.15) is 13.2 Å². The number of halogens is 9. The third-order valence-corrected chi connectivity index (χ3v) is 6.69. The highest BCUT2D eigenvalue weighted by atomic mass is 19.4. The quantitative estimate of drug-likeness (QED) is 0.149. The minimum absolute atomic E-state index is 0.0881. The summed E-state index contributed by atoms with van der Waals surface area (Å²) in [5.74, 6) is -4.05. The Hall–Kier alpha value is -4.45. The second kappa shape index (κ2) is 10.5. The third kappa shape index (κ3) is 5.60. The van der Waals surface area contributed by atoms with Gasteiger partial charge < -0.3 is 0 Å². The van der Waals surface area contributed by atoms with Crippen LogP contribution in [0.25, 0.3) is 32.7 Å². The van der Waals surface area contributed by atoms with Gasteiger partial charge in [-0.15, -0.1) is 0 Å². The molecule has 0 N–H and O–H groups in total. The number of benzene rings is 5. The molecule has 0 spiro atoms. The second-order valence-electron chi connectivity index (χ2n) is 9.54. The molecule has 0 unspecified atom stereocenters. The molecular formula is C32H17F9. The molecule has 0 radical (unpaired) electrons. The molecule has 0 heterocycles. The van der Waals surface area contributed by atoms with Crippen molar-refractivity contribution in [3.8, 4) is 23.0 Å². The molecule has 0 amide bonds. The fourth-order valence-electron chi connectivity index (χ4n) is 4.77. The van der Waals surface area contributed by atoms with Crippen LogP contribution in [0.3, 0.4) is 0 Å². The van der Waals surface area contributed by atoms with Gasteiger partial charge in [-0.25, -0.2) is 26.3 Å². The summed E-state index contributed by atoms with van der Waals surface area (Å²) < 4.78 is 126. The summed E-state index contributed by atoms with van der Waals surface area (Å²) in [7, 11) is 0. The van der Waals surface area contributed by atoms with E-state index in [-0.39, 0.29) is 45.7 Å². The van der Waals surface area contributed by atoms with Crippen LogP contribution >= 0.6 is 0 Å². The predicted octanol–water partition coefficient (Wildman–Crippen LogP) is 9.50. The Balaban J connectivity index is 1.45. The third-order valence-electron chi connectivity index (χ3n) is 6.69. The Bertz CT molecular complexity index is 1880. The Kier molecular flexibility index (Phi) is 7.20. The van der Waals surface area contributed by atoms with Gasteiger partial charge in [0.2, 0.25) is 0 Å². The molecule has 9 heteroatoms. The van der Waals surface area contributed by atoms with Crippen molar-refractivity contribution in [2.75, 3.05) is 0 Å². The monoisotopic (exact) mass is 572 g/mol. The number of aryl methyl sites for hydroxylation is 2. The van der Waals surface area contributed by atoms with E-state index >= 15 is 13.2 Å². The smallest absolute Gasteiger partial charge is 0.207 e. The number of fused-ring (bicyclic) bond motifs is 2. The molecule has 5 aromatic rings. The lowest BCUT2D eigenvalue weighted by Gasteiger charge is -2.12. The van der Waals surface area contributed by atoms with Crippen LogP contribution in [-0.4, -0.2) is 6.18 Å². The van der Waals surface area contributed by atoms with Gasteiger partial charge in [-0.1, -0.05) is 41.8 Å². The first-order valence-corrected chi connectivity index (χ1v) is 12.2. The molecule has 0 aliphatic carbocycles. The van der Waals surface area contributed by atoms with E-state index in [1.165, 1.54) is 18.1 Å². The van der Waals surface area contributed by atoms with Crippen LogP contribution in [0, 0.1) is 53.7 Å². The zero-order valence-corrected chi connectivity index (χ0v) is 21.1. The summed E-state index contributed by atoms with van der Waals surface area (Å²) in [6.45, 7) is 1.79. The Labute approximate surface area is 228 Å². The van der Waals surface area contributed by atoms with Gasteiger partial charge in [0.05, 0.1) is 11.1 Å². The summed E-state index contributed by atoms with van der Waals surface area (Å²) in [6, 6.07) is 12.1. The van der Waals surface area contributed by atoms with Crippen molar-refractivity contribution in [3.63, 3.8) is 0 Å². The number of hydrogen-bond acceptors (Lipinski definition) is 0. The number of alkyl halides is 3. The Morgan fingerprint density at radius 1 is 0.634 bits per heavy atom. The summed E-state index contributed by atoms with van der Waals surface area (Å²) in [5, 5.41) is 0.165. The average molecular weight is 572 g/mol. The number of hydrogen-bond donors (Lipinski definition) is 0. The highest BCUT2D eigenvalue weighted by Gasteiger charge is 2.24. The molecule has 0 bridgehead atoms. The SMILES string of the molecule is Cc1ccc2c(F)c(CCc3cc(F)c(-c4ccc5c(F)c(C#CC(F)(F)F)c(F)cc5c4)c(F)c3)c(F)cc2c1. The van der Waals surface area contributed by atoms with Crippen LogP contribution in [0.5, 0.6) is 0 Å². The van der Waals surface area contributed by atoms with Gasteiger partial charge in [-0.05, 0) is 72.0 Å². The van der Waals surface area contributed by atoms with Gasteiger partial charge in [0.15, 0.2) is 0 Å². The summed E-state index contributed by atoms with van der Waals surface area (Å²) >= 11 is 0. The molecule has 0 atom stereocenters. The van der Waals surface area contributed by atoms with Crippen LogP contribution in [0.1, 0.15) is 22.3 Å². The van der Waals surface area contributed by atoms with Crippen LogP contribution in [-0.2, 0) is 12.8 Å². The largest absolute Gasteiger partial charge is 0.458 e. The van der Waals surface area contributed by atoms with Crippen molar-refractivity contribution in [2.45, 2.75) is 25.9 Å². The lowest BCUT2D eigenvalue weighted by Crippen LogP contribution is -2.03. The Morgan fingerprint density at radius 2 is 1.24 bits per heavy atom. The van der Waals surface area contributed by atoms with Crippen molar-refractivity contribution in [3.05, 3.63) is 118 Å². The second-order valence-corrected chi connectivity index (χ2v) is 9.54. The maximum atomic E-state index is 15.1. The van der Waals surface area contributed by atoms with Gasteiger partial charge in [0.1, 0.15) is 34.9 Å². The molecule has 0 fully saturated rings. The summed E-state index contributed by atoms with van der Waals surface area (Å²) in [6.07, 6.45) is -5.22. The van der Waals surface area contributed by atoms with Crippen LogP contribution in [0.2, 0.25) is 0 Å². The zero-order valence-electron chi connectivity index (χ0n) is 21.1. The maximum Gasteiger partial charge on any atom is 0.458 e. The number of rotatable bonds is 4.